The van der Waals surface area contributed by atoms with E-state index in [0.717, 1.165) is 35.4 Å². The molecule has 38 heavy (non-hydrogen) atoms. The molecule has 1 heterocycles. The molecule has 1 saturated heterocycles. The number of ether oxygens (including phenoxy) is 2. The molecular formula is C34H60NO3+. The zero-order chi connectivity index (χ0) is 27.2. The number of esters is 1. The number of carbonyl (C=O) groups excluding carboxylic acids is 1. The first kappa shape index (κ1) is 32.7. The molecular weight excluding hydrogens is 470 g/mol. The summed E-state index contributed by atoms with van der Waals surface area (Å²) in [7, 11) is 2.28. The van der Waals surface area contributed by atoms with Crippen LogP contribution in [0.4, 0.5) is 0 Å². The first-order valence-corrected chi connectivity index (χ1v) is 16.3. The third-order valence-electron chi connectivity index (χ3n) is 8.30. The van der Waals surface area contributed by atoms with Crippen LogP contribution in [0.2, 0.25) is 0 Å². The lowest BCUT2D eigenvalue weighted by Gasteiger charge is -2.37. The van der Waals surface area contributed by atoms with E-state index in [0.29, 0.717) is 13.0 Å². The van der Waals surface area contributed by atoms with E-state index in [9.17, 15) is 4.79 Å². The standard InChI is InChI=1S/C34H60NO3/c1-3-4-5-6-7-8-9-10-11-12-13-14-15-16-17-21-28-37-33-24-22-23-32(30-33)31-34(36)38-29-27-35(2)25-19-18-20-26-35/h22-24,30H,3-21,25-29,31H2,1-2H3/q+1. The number of hydrogen-bond acceptors (Lipinski definition) is 3. The Bertz CT molecular complexity index is 713. The maximum absolute atomic E-state index is 12.3. The van der Waals surface area contributed by atoms with Crippen LogP contribution >= 0.6 is 0 Å². The quantitative estimate of drug-likeness (QED) is 0.0804. The molecule has 1 aliphatic rings. The highest BCUT2D eigenvalue weighted by molar-refractivity contribution is 5.72. The van der Waals surface area contributed by atoms with Crippen molar-refractivity contribution in [2.24, 2.45) is 0 Å². The number of unbranched alkanes of at least 4 members (excludes halogenated alkanes) is 15. The van der Waals surface area contributed by atoms with Gasteiger partial charge < -0.3 is 14.0 Å². The van der Waals surface area contributed by atoms with Gasteiger partial charge in [0.1, 0.15) is 18.9 Å². The molecule has 1 aromatic carbocycles. The van der Waals surface area contributed by atoms with E-state index in [4.69, 9.17) is 9.47 Å². The van der Waals surface area contributed by atoms with Gasteiger partial charge in [-0.15, -0.1) is 0 Å². The second-order valence-electron chi connectivity index (χ2n) is 12.0. The largest absolute Gasteiger partial charge is 0.494 e. The second-order valence-corrected chi connectivity index (χ2v) is 12.0. The van der Waals surface area contributed by atoms with Crippen LogP contribution in [0.5, 0.6) is 5.75 Å². The van der Waals surface area contributed by atoms with Crippen molar-refractivity contribution < 1.29 is 18.8 Å². The highest BCUT2D eigenvalue weighted by Crippen LogP contribution is 2.18. The highest BCUT2D eigenvalue weighted by atomic mass is 16.5. The van der Waals surface area contributed by atoms with Gasteiger partial charge in [-0.3, -0.25) is 4.79 Å². The number of benzene rings is 1. The van der Waals surface area contributed by atoms with Gasteiger partial charge in [-0.05, 0) is 43.4 Å². The van der Waals surface area contributed by atoms with Gasteiger partial charge in [0.2, 0.25) is 0 Å². The molecule has 2 rings (SSSR count). The molecule has 0 bridgehead atoms. The summed E-state index contributed by atoms with van der Waals surface area (Å²) in [5.74, 6) is 0.728. The van der Waals surface area contributed by atoms with Gasteiger partial charge in [-0.25, -0.2) is 0 Å². The second kappa shape index (κ2) is 21.3. The third-order valence-corrected chi connectivity index (χ3v) is 8.30. The fraction of sp³-hybridized carbons (Fsp3) is 0.794. The van der Waals surface area contributed by atoms with Crippen LogP contribution in [0.1, 0.15) is 134 Å². The zero-order valence-electron chi connectivity index (χ0n) is 25.2. The third kappa shape index (κ3) is 16.4. The SMILES string of the molecule is CCCCCCCCCCCCCCCCCCOc1cccc(CC(=O)OCC[N+]2(C)CCCCC2)c1. The number of nitrogens with zero attached hydrogens (tertiary/aromatic N) is 1. The van der Waals surface area contributed by atoms with E-state index < -0.39 is 0 Å². The van der Waals surface area contributed by atoms with Gasteiger partial charge in [-0.2, -0.15) is 0 Å². The Morgan fingerprint density at radius 2 is 1.29 bits per heavy atom. The van der Waals surface area contributed by atoms with E-state index in [1.54, 1.807) is 0 Å². The van der Waals surface area contributed by atoms with Crippen LogP contribution in [0.15, 0.2) is 24.3 Å². The summed E-state index contributed by atoms with van der Waals surface area (Å²) in [6, 6.07) is 7.95. The molecule has 0 unspecified atom stereocenters. The van der Waals surface area contributed by atoms with Crippen molar-refractivity contribution in [1.29, 1.82) is 0 Å². The molecule has 4 heteroatoms. The van der Waals surface area contributed by atoms with Crippen LogP contribution < -0.4 is 4.74 Å². The summed E-state index contributed by atoms with van der Waals surface area (Å²) < 4.78 is 12.6. The Labute approximate surface area is 235 Å². The number of hydrogen-bond donors (Lipinski definition) is 0. The monoisotopic (exact) mass is 530 g/mol. The van der Waals surface area contributed by atoms with Gasteiger partial charge >= 0.3 is 5.97 Å². The number of rotatable bonds is 23. The van der Waals surface area contributed by atoms with Crippen molar-refractivity contribution in [2.45, 2.75) is 135 Å². The smallest absolute Gasteiger partial charge is 0.310 e. The van der Waals surface area contributed by atoms with Gasteiger partial charge in [0.25, 0.3) is 0 Å². The van der Waals surface area contributed by atoms with Gasteiger partial charge in [-0.1, -0.05) is 115 Å². The predicted molar refractivity (Wildman–Crippen MR) is 161 cm³/mol. The molecule has 218 valence electrons. The minimum atomic E-state index is -0.136. The molecule has 0 spiro atoms. The maximum atomic E-state index is 12.3. The van der Waals surface area contributed by atoms with E-state index in [1.165, 1.54) is 129 Å². The predicted octanol–water partition coefficient (Wildman–Crippen LogP) is 9.04. The van der Waals surface area contributed by atoms with Gasteiger partial charge in [0.05, 0.1) is 33.2 Å². The number of likely N-dealkylation sites (N-methyl/N-ethyl adjacent to an activating group) is 1. The normalized spacial score (nSPS) is 14.9. The Morgan fingerprint density at radius 3 is 1.87 bits per heavy atom. The fourth-order valence-corrected chi connectivity index (χ4v) is 5.68. The molecule has 0 atom stereocenters. The van der Waals surface area contributed by atoms with Crippen LogP contribution in [0.3, 0.4) is 0 Å². The summed E-state index contributed by atoms with van der Waals surface area (Å²) in [6.45, 7) is 6.89. The van der Waals surface area contributed by atoms with Crippen molar-refractivity contribution in [2.75, 3.05) is 39.9 Å². The molecule has 0 N–H and O–H groups in total. The molecule has 0 aromatic heterocycles. The fourth-order valence-electron chi connectivity index (χ4n) is 5.68. The molecule has 0 radical (unpaired) electrons. The van der Waals surface area contributed by atoms with Crippen molar-refractivity contribution in [3.63, 3.8) is 0 Å². The Balaban J connectivity index is 1.41. The van der Waals surface area contributed by atoms with Crippen LogP contribution in [-0.4, -0.2) is 50.3 Å². The number of carbonyl (C=O) groups is 1. The Hall–Kier alpha value is -1.55. The van der Waals surface area contributed by atoms with Gasteiger partial charge in [0, 0.05) is 0 Å². The zero-order valence-corrected chi connectivity index (χ0v) is 25.2. The highest BCUT2D eigenvalue weighted by Gasteiger charge is 2.24. The van der Waals surface area contributed by atoms with E-state index >= 15 is 0 Å². The first-order chi connectivity index (χ1) is 18.6. The van der Waals surface area contributed by atoms with Crippen LogP contribution in [0, 0.1) is 0 Å². The van der Waals surface area contributed by atoms with E-state index in [2.05, 4.69) is 14.0 Å². The lowest BCUT2D eigenvalue weighted by atomic mass is 10.0. The first-order valence-electron chi connectivity index (χ1n) is 16.3. The molecule has 0 amide bonds. The van der Waals surface area contributed by atoms with Crippen molar-refractivity contribution in [3.8, 4) is 5.75 Å². The number of quaternary nitrogens is 1. The summed E-state index contributed by atoms with van der Waals surface area (Å²) >= 11 is 0. The average molecular weight is 531 g/mol. The molecule has 1 aliphatic heterocycles. The summed E-state index contributed by atoms with van der Waals surface area (Å²) in [5, 5.41) is 0. The van der Waals surface area contributed by atoms with Crippen LogP contribution in [0.25, 0.3) is 0 Å². The van der Waals surface area contributed by atoms with Gasteiger partial charge in [0.15, 0.2) is 0 Å². The lowest BCUT2D eigenvalue weighted by molar-refractivity contribution is -0.914. The number of likely N-dealkylation sites (tertiary alicyclic amines) is 1. The summed E-state index contributed by atoms with van der Waals surface area (Å²) in [4.78, 5) is 12.3. The molecule has 1 fully saturated rings. The number of piperidine rings is 1. The Kier molecular flexibility index (Phi) is 18.3. The van der Waals surface area contributed by atoms with Crippen molar-refractivity contribution >= 4 is 5.97 Å². The van der Waals surface area contributed by atoms with Crippen LogP contribution in [-0.2, 0) is 16.0 Å². The average Bonchev–Trinajstić information content (AvgIpc) is 2.91. The minimum Gasteiger partial charge on any atom is -0.494 e. The van der Waals surface area contributed by atoms with E-state index in [1.807, 2.05) is 24.3 Å². The molecule has 0 saturated carbocycles. The van der Waals surface area contributed by atoms with Crippen molar-refractivity contribution in [3.05, 3.63) is 29.8 Å². The molecule has 0 aliphatic carbocycles. The topological polar surface area (TPSA) is 35.5 Å². The maximum Gasteiger partial charge on any atom is 0.310 e. The van der Waals surface area contributed by atoms with E-state index in [-0.39, 0.29) is 5.97 Å². The lowest BCUT2D eigenvalue weighted by Crippen LogP contribution is -2.49. The molecule has 4 nitrogen and oxygen atoms in total. The Morgan fingerprint density at radius 1 is 0.737 bits per heavy atom. The van der Waals surface area contributed by atoms with Crippen molar-refractivity contribution in [1.82, 2.24) is 0 Å². The molecule has 1 aromatic rings. The minimum absolute atomic E-state index is 0.136. The summed E-state index contributed by atoms with van der Waals surface area (Å²) in [6.07, 6.45) is 26.3. The summed E-state index contributed by atoms with van der Waals surface area (Å²) in [5.41, 5.74) is 0.970.